The van der Waals surface area contributed by atoms with Crippen molar-refractivity contribution < 1.29 is 9.53 Å². The van der Waals surface area contributed by atoms with Gasteiger partial charge in [-0.1, -0.05) is 0 Å². The zero-order chi connectivity index (χ0) is 16.6. The number of amides is 1. The third-order valence-corrected chi connectivity index (χ3v) is 4.54. The molecule has 0 aliphatic carbocycles. The second-order valence-corrected chi connectivity index (χ2v) is 6.06. The Labute approximate surface area is 135 Å². The Bertz CT molecular complexity index is 944. The highest BCUT2D eigenvalue weighted by atomic mass is 32.1. The second-order valence-electron chi connectivity index (χ2n) is 4.88. The number of nitrogens with zero attached hydrogens (tertiary/aromatic N) is 3. The lowest BCUT2D eigenvalue weighted by Crippen LogP contribution is -2.26. The van der Waals surface area contributed by atoms with Gasteiger partial charge in [0, 0.05) is 22.8 Å². The quantitative estimate of drug-likeness (QED) is 0.794. The van der Waals surface area contributed by atoms with Crippen LogP contribution in [-0.4, -0.2) is 27.4 Å². The Morgan fingerprint density at radius 2 is 2.04 bits per heavy atom. The van der Waals surface area contributed by atoms with Crippen LogP contribution in [0.2, 0.25) is 0 Å². The maximum Gasteiger partial charge on any atom is 0.271 e. The van der Waals surface area contributed by atoms with Crippen molar-refractivity contribution in [3.05, 3.63) is 51.0 Å². The van der Waals surface area contributed by atoms with Crippen LogP contribution in [-0.2, 0) is 0 Å². The van der Waals surface area contributed by atoms with Gasteiger partial charge in [0.1, 0.15) is 5.56 Å². The maximum absolute atomic E-state index is 12.5. The molecular formula is C15H14N4O3S. The number of fused-ring (bicyclic) bond motifs is 1. The van der Waals surface area contributed by atoms with Crippen LogP contribution in [0.4, 0.5) is 5.69 Å². The lowest BCUT2D eigenvalue weighted by atomic mass is 10.3. The first-order chi connectivity index (χ1) is 11.0. The molecule has 3 heterocycles. The van der Waals surface area contributed by atoms with Crippen molar-refractivity contribution in [3.8, 4) is 5.88 Å². The lowest BCUT2D eigenvalue weighted by Gasteiger charge is -2.05. The largest absolute Gasteiger partial charge is 0.481 e. The molecule has 8 heteroatoms. The van der Waals surface area contributed by atoms with Crippen molar-refractivity contribution in [2.45, 2.75) is 13.8 Å². The summed E-state index contributed by atoms with van der Waals surface area (Å²) in [5.41, 5.74) is 0.872. The summed E-state index contributed by atoms with van der Waals surface area (Å²) in [7, 11) is 1.51. The predicted molar refractivity (Wildman–Crippen MR) is 87.6 cm³/mol. The highest BCUT2D eigenvalue weighted by molar-refractivity contribution is 7.17. The minimum absolute atomic E-state index is 0.0146. The number of hydrogen-bond acceptors (Lipinski definition) is 6. The van der Waals surface area contributed by atoms with Crippen molar-refractivity contribution in [1.82, 2.24) is 14.4 Å². The molecule has 23 heavy (non-hydrogen) atoms. The van der Waals surface area contributed by atoms with Gasteiger partial charge in [-0.15, -0.1) is 11.3 Å². The second kappa shape index (κ2) is 5.81. The molecule has 0 spiro atoms. The van der Waals surface area contributed by atoms with Crippen LogP contribution in [0.15, 0.2) is 29.3 Å². The number of rotatable bonds is 3. The molecule has 0 aromatic carbocycles. The van der Waals surface area contributed by atoms with Crippen LogP contribution in [0.1, 0.15) is 20.9 Å². The highest BCUT2D eigenvalue weighted by Crippen LogP contribution is 2.18. The molecular weight excluding hydrogens is 316 g/mol. The summed E-state index contributed by atoms with van der Waals surface area (Å²) < 4.78 is 6.42. The standard InChI is InChI=1S/C15H14N4O3S/c1-8-9(2)23-15-17-7-11(14(21)19(8)15)13(20)18-10-4-5-12(22-3)16-6-10/h4-7H,1-3H3,(H,18,20). The fourth-order valence-electron chi connectivity index (χ4n) is 2.11. The van der Waals surface area contributed by atoms with Gasteiger partial charge in [-0.3, -0.25) is 14.0 Å². The Balaban J connectivity index is 1.95. The van der Waals surface area contributed by atoms with Gasteiger partial charge in [0.25, 0.3) is 11.5 Å². The zero-order valence-corrected chi connectivity index (χ0v) is 13.6. The van der Waals surface area contributed by atoms with Gasteiger partial charge in [-0.25, -0.2) is 9.97 Å². The normalized spacial score (nSPS) is 10.7. The molecule has 0 aliphatic heterocycles. The number of ether oxygens (including phenoxy) is 1. The molecule has 0 bridgehead atoms. The molecule has 1 N–H and O–H groups in total. The van der Waals surface area contributed by atoms with E-state index in [4.69, 9.17) is 4.74 Å². The van der Waals surface area contributed by atoms with Gasteiger partial charge in [0.15, 0.2) is 4.96 Å². The number of nitrogens with one attached hydrogen (secondary N) is 1. The topological polar surface area (TPSA) is 85.6 Å². The molecule has 7 nitrogen and oxygen atoms in total. The molecule has 118 valence electrons. The van der Waals surface area contributed by atoms with E-state index in [0.717, 1.165) is 10.6 Å². The Morgan fingerprint density at radius 1 is 1.26 bits per heavy atom. The Hall–Kier alpha value is -2.74. The van der Waals surface area contributed by atoms with Gasteiger partial charge in [-0.2, -0.15) is 0 Å². The monoisotopic (exact) mass is 330 g/mol. The highest BCUT2D eigenvalue weighted by Gasteiger charge is 2.16. The molecule has 0 radical (unpaired) electrons. The van der Waals surface area contributed by atoms with Crippen molar-refractivity contribution in [2.75, 3.05) is 12.4 Å². The van der Waals surface area contributed by atoms with Crippen LogP contribution in [0.3, 0.4) is 0 Å². The number of carbonyl (C=O) groups is 1. The maximum atomic E-state index is 12.5. The number of aromatic nitrogens is 3. The summed E-state index contributed by atoms with van der Waals surface area (Å²) >= 11 is 1.42. The average molecular weight is 330 g/mol. The third kappa shape index (κ3) is 2.68. The van der Waals surface area contributed by atoms with Crippen molar-refractivity contribution in [1.29, 1.82) is 0 Å². The minimum Gasteiger partial charge on any atom is -0.481 e. The molecule has 0 saturated carbocycles. The van der Waals surface area contributed by atoms with E-state index < -0.39 is 5.91 Å². The first-order valence-electron chi connectivity index (χ1n) is 6.80. The number of pyridine rings is 1. The number of hydrogen-bond donors (Lipinski definition) is 1. The van der Waals surface area contributed by atoms with Crippen molar-refractivity contribution in [3.63, 3.8) is 0 Å². The summed E-state index contributed by atoms with van der Waals surface area (Å²) in [5, 5.41) is 2.63. The average Bonchev–Trinajstić information content (AvgIpc) is 2.84. The van der Waals surface area contributed by atoms with Gasteiger partial charge in [0.2, 0.25) is 5.88 Å². The fourth-order valence-corrected chi connectivity index (χ4v) is 3.03. The van der Waals surface area contributed by atoms with E-state index >= 15 is 0 Å². The van der Waals surface area contributed by atoms with Gasteiger partial charge in [0.05, 0.1) is 19.0 Å². The molecule has 1 amide bonds. The zero-order valence-electron chi connectivity index (χ0n) is 12.8. The summed E-state index contributed by atoms with van der Waals surface area (Å²) in [6, 6.07) is 3.27. The van der Waals surface area contributed by atoms with E-state index in [1.54, 1.807) is 12.1 Å². The smallest absolute Gasteiger partial charge is 0.271 e. The molecule has 3 aromatic rings. The summed E-state index contributed by atoms with van der Waals surface area (Å²) in [6.07, 6.45) is 2.76. The van der Waals surface area contributed by atoms with Crippen LogP contribution in [0, 0.1) is 13.8 Å². The van der Waals surface area contributed by atoms with E-state index in [9.17, 15) is 9.59 Å². The van der Waals surface area contributed by atoms with Crippen molar-refractivity contribution in [2.24, 2.45) is 0 Å². The van der Waals surface area contributed by atoms with Crippen LogP contribution in [0.5, 0.6) is 5.88 Å². The number of methoxy groups -OCH3 is 1. The van der Waals surface area contributed by atoms with E-state index in [1.165, 1.54) is 35.2 Å². The predicted octanol–water partition coefficient (Wildman–Crippen LogP) is 2.03. The molecule has 0 saturated heterocycles. The summed E-state index contributed by atoms with van der Waals surface area (Å²) in [5.74, 6) is -0.0809. The first kappa shape index (κ1) is 15.2. The van der Waals surface area contributed by atoms with Crippen molar-refractivity contribution >= 4 is 27.9 Å². The van der Waals surface area contributed by atoms with Gasteiger partial charge >= 0.3 is 0 Å². The van der Waals surface area contributed by atoms with E-state index in [2.05, 4.69) is 15.3 Å². The number of carbonyl (C=O) groups excluding carboxylic acids is 1. The number of anilines is 1. The van der Waals surface area contributed by atoms with Crippen LogP contribution >= 0.6 is 11.3 Å². The first-order valence-corrected chi connectivity index (χ1v) is 7.62. The van der Waals surface area contributed by atoms with Gasteiger partial charge < -0.3 is 10.1 Å². The molecule has 3 aromatic heterocycles. The van der Waals surface area contributed by atoms with Gasteiger partial charge in [-0.05, 0) is 19.9 Å². The fraction of sp³-hybridized carbons (Fsp3) is 0.200. The minimum atomic E-state index is -0.521. The van der Waals surface area contributed by atoms with E-state index in [-0.39, 0.29) is 11.1 Å². The molecule has 0 aliphatic rings. The summed E-state index contributed by atoms with van der Waals surface area (Å²) in [6.45, 7) is 3.74. The summed E-state index contributed by atoms with van der Waals surface area (Å²) in [4.78, 5) is 34.6. The van der Waals surface area contributed by atoms with E-state index in [0.29, 0.717) is 16.5 Å². The Kier molecular flexibility index (Phi) is 3.83. The third-order valence-electron chi connectivity index (χ3n) is 3.47. The SMILES string of the molecule is COc1ccc(NC(=O)c2cnc3sc(C)c(C)n3c2=O)cn1. The molecule has 0 unspecified atom stereocenters. The molecule has 0 fully saturated rings. The number of aryl methyl sites for hydroxylation is 2. The van der Waals surface area contributed by atoms with E-state index in [1.807, 2.05) is 13.8 Å². The molecule has 0 atom stereocenters. The Morgan fingerprint density at radius 3 is 2.70 bits per heavy atom. The number of thiazole rings is 1. The van der Waals surface area contributed by atoms with Crippen LogP contribution in [0.25, 0.3) is 4.96 Å². The lowest BCUT2D eigenvalue weighted by molar-refractivity contribution is 0.102. The van der Waals surface area contributed by atoms with Crippen LogP contribution < -0.4 is 15.6 Å². The molecule has 3 rings (SSSR count).